The van der Waals surface area contributed by atoms with Crippen molar-refractivity contribution in [2.75, 3.05) is 6.54 Å². The highest BCUT2D eigenvalue weighted by Gasteiger charge is 2.64. The van der Waals surface area contributed by atoms with Gasteiger partial charge in [-0.1, -0.05) is 30.3 Å². The fourth-order valence-corrected chi connectivity index (χ4v) is 1.41. The predicted molar refractivity (Wildman–Crippen MR) is 58.5 cm³/mol. The molecule has 1 amide bonds. The van der Waals surface area contributed by atoms with Crippen LogP contribution in [-0.4, -0.2) is 29.5 Å². The van der Waals surface area contributed by atoms with E-state index in [1.807, 2.05) is 0 Å². The zero-order valence-electron chi connectivity index (χ0n) is 9.99. The lowest BCUT2D eigenvalue weighted by molar-refractivity contribution is -0.274. The Morgan fingerprint density at radius 1 is 1.15 bits per heavy atom. The Morgan fingerprint density at radius 3 is 2.15 bits per heavy atom. The number of carbonyl (C=O) groups excluding carboxylic acids is 1. The minimum absolute atomic E-state index is 0.169. The van der Waals surface area contributed by atoms with Crippen LogP contribution < -0.4 is 0 Å². The highest BCUT2D eigenvalue weighted by molar-refractivity contribution is 5.84. The van der Waals surface area contributed by atoms with E-state index in [1.165, 1.54) is 30.3 Å². The lowest BCUT2D eigenvalue weighted by Gasteiger charge is -2.26. The molecule has 1 aromatic rings. The van der Waals surface area contributed by atoms with Gasteiger partial charge in [0.25, 0.3) is 0 Å². The van der Waals surface area contributed by atoms with E-state index in [9.17, 15) is 26.7 Å². The number of benzene rings is 1. The SMILES string of the molecule is N#CCN(Cc1ccccc1)C(=O)C(F)(F)C(F)(F)F. The van der Waals surface area contributed by atoms with E-state index >= 15 is 0 Å². The van der Waals surface area contributed by atoms with Gasteiger partial charge in [-0.15, -0.1) is 0 Å². The predicted octanol–water partition coefficient (Wildman–Crippen LogP) is 2.74. The molecule has 0 heterocycles. The van der Waals surface area contributed by atoms with Crippen LogP contribution in [0.2, 0.25) is 0 Å². The lowest BCUT2D eigenvalue weighted by Crippen LogP contribution is -2.52. The van der Waals surface area contributed by atoms with E-state index in [0.29, 0.717) is 5.56 Å². The summed E-state index contributed by atoms with van der Waals surface area (Å²) >= 11 is 0. The van der Waals surface area contributed by atoms with Gasteiger partial charge in [0.05, 0.1) is 6.07 Å². The van der Waals surface area contributed by atoms with Gasteiger partial charge in [-0.05, 0) is 5.56 Å². The van der Waals surface area contributed by atoms with E-state index in [1.54, 1.807) is 6.07 Å². The van der Waals surface area contributed by atoms with Gasteiger partial charge in [0.2, 0.25) is 0 Å². The molecule has 0 atom stereocenters. The summed E-state index contributed by atoms with van der Waals surface area (Å²) in [5, 5.41) is 8.46. The molecule has 0 aliphatic heterocycles. The highest BCUT2D eigenvalue weighted by Crippen LogP contribution is 2.37. The van der Waals surface area contributed by atoms with E-state index in [-0.39, 0.29) is 4.90 Å². The van der Waals surface area contributed by atoms with Gasteiger partial charge in [-0.2, -0.15) is 27.2 Å². The minimum atomic E-state index is -5.99. The molecule has 0 saturated heterocycles. The normalized spacial score (nSPS) is 11.8. The molecule has 0 unspecified atom stereocenters. The van der Waals surface area contributed by atoms with Crippen molar-refractivity contribution in [3.05, 3.63) is 35.9 Å². The quantitative estimate of drug-likeness (QED) is 0.632. The topological polar surface area (TPSA) is 44.1 Å². The maximum atomic E-state index is 13.0. The molecule has 0 saturated carbocycles. The van der Waals surface area contributed by atoms with Gasteiger partial charge < -0.3 is 4.90 Å². The monoisotopic (exact) mass is 292 g/mol. The van der Waals surface area contributed by atoms with Crippen molar-refractivity contribution in [3.63, 3.8) is 0 Å². The number of carbonyl (C=O) groups is 1. The standard InChI is InChI=1S/C12H9F5N2O/c13-11(14,12(15,16)17)10(20)19(7-6-18)8-9-4-2-1-3-5-9/h1-5H,7-8H2. The smallest absolute Gasteiger partial charge is 0.320 e. The molecule has 0 aliphatic carbocycles. The van der Waals surface area contributed by atoms with Crippen LogP contribution in [0.15, 0.2) is 30.3 Å². The van der Waals surface area contributed by atoms with Crippen molar-refractivity contribution in [1.82, 2.24) is 4.90 Å². The Labute approximate surface area is 111 Å². The van der Waals surface area contributed by atoms with Gasteiger partial charge in [-0.3, -0.25) is 4.79 Å². The van der Waals surface area contributed by atoms with Crippen molar-refractivity contribution in [3.8, 4) is 6.07 Å². The van der Waals surface area contributed by atoms with Crippen molar-refractivity contribution in [2.24, 2.45) is 0 Å². The van der Waals surface area contributed by atoms with E-state index < -0.39 is 31.1 Å². The van der Waals surface area contributed by atoms with Crippen molar-refractivity contribution < 1.29 is 26.7 Å². The second-order valence-corrected chi connectivity index (χ2v) is 3.88. The maximum Gasteiger partial charge on any atom is 0.463 e. The molecule has 0 aliphatic rings. The summed E-state index contributed by atoms with van der Waals surface area (Å²) in [6.45, 7) is -1.36. The third-order valence-corrected chi connectivity index (χ3v) is 2.39. The number of amides is 1. The summed E-state index contributed by atoms with van der Waals surface area (Å²) in [6, 6.07) is 8.98. The molecule has 0 N–H and O–H groups in total. The number of halogens is 5. The molecule has 0 spiro atoms. The van der Waals surface area contributed by atoms with Crippen LogP contribution in [0.4, 0.5) is 22.0 Å². The third kappa shape index (κ3) is 3.44. The summed E-state index contributed by atoms with van der Waals surface area (Å²) in [5.74, 6) is -7.95. The summed E-state index contributed by atoms with van der Waals surface area (Å²) in [5.41, 5.74) is 0.342. The Bertz CT molecular complexity index is 507. The summed E-state index contributed by atoms with van der Waals surface area (Å²) < 4.78 is 62.4. The van der Waals surface area contributed by atoms with Crippen LogP contribution in [-0.2, 0) is 11.3 Å². The van der Waals surface area contributed by atoms with Gasteiger partial charge >= 0.3 is 18.0 Å². The molecule has 8 heteroatoms. The van der Waals surface area contributed by atoms with Gasteiger partial charge in [0, 0.05) is 6.54 Å². The van der Waals surface area contributed by atoms with Crippen LogP contribution in [0.1, 0.15) is 5.56 Å². The molecule has 0 fully saturated rings. The van der Waals surface area contributed by atoms with Gasteiger partial charge in [0.15, 0.2) is 0 Å². The Hall–Kier alpha value is -2.17. The molecular formula is C12H9F5N2O. The zero-order valence-corrected chi connectivity index (χ0v) is 9.99. The van der Waals surface area contributed by atoms with Crippen molar-refractivity contribution >= 4 is 5.91 Å². The lowest BCUT2D eigenvalue weighted by atomic mass is 10.2. The van der Waals surface area contributed by atoms with Crippen LogP contribution >= 0.6 is 0 Å². The van der Waals surface area contributed by atoms with Crippen molar-refractivity contribution in [2.45, 2.75) is 18.6 Å². The second kappa shape index (κ2) is 5.86. The number of nitriles is 1. The Morgan fingerprint density at radius 2 is 1.70 bits per heavy atom. The van der Waals surface area contributed by atoms with Crippen LogP contribution in [0.3, 0.4) is 0 Å². The second-order valence-electron chi connectivity index (χ2n) is 3.88. The molecule has 3 nitrogen and oxygen atoms in total. The first-order valence-corrected chi connectivity index (χ1v) is 5.35. The molecule has 1 aromatic carbocycles. The maximum absolute atomic E-state index is 13.0. The average Bonchev–Trinajstić information content (AvgIpc) is 2.37. The zero-order chi connectivity index (χ0) is 15.4. The Kier molecular flexibility index (Phi) is 4.65. The minimum Gasteiger partial charge on any atom is -0.320 e. The average molecular weight is 292 g/mol. The molecule has 0 bridgehead atoms. The van der Waals surface area contributed by atoms with Crippen molar-refractivity contribution in [1.29, 1.82) is 5.26 Å². The molecule has 20 heavy (non-hydrogen) atoms. The van der Waals surface area contributed by atoms with E-state index in [2.05, 4.69) is 0 Å². The van der Waals surface area contributed by atoms with Crippen LogP contribution in [0.25, 0.3) is 0 Å². The largest absolute Gasteiger partial charge is 0.463 e. The molecule has 0 radical (unpaired) electrons. The molecule has 108 valence electrons. The summed E-state index contributed by atoms with van der Waals surface area (Å²) in [4.78, 5) is 11.5. The van der Waals surface area contributed by atoms with Crippen LogP contribution in [0.5, 0.6) is 0 Å². The highest BCUT2D eigenvalue weighted by atomic mass is 19.4. The fraction of sp³-hybridized carbons (Fsp3) is 0.333. The molecule has 0 aromatic heterocycles. The Balaban J connectivity index is 2.98. The van der Waals surface area contributed by atoms with Crippen LogP contribution in [0, 0.1) is 11.3 Å². The third-order valence-electron chi connectivity index (χ3n) is 2.39. The number of alkyl halides is 5. The van der Waals surface area contributed by atoms with Gasteiger partial charge in [0.1, 0.15) is 6.54 Å². The van der Waals surface area contributed by atoms with E-state index in [4.69, 9.17) is 5.26 Å². The summed E-state index contributed by atoms with van der Waals surface area (Å²) in [6.07, 6.45) is -5.99. The van der Waals surface area contributed by atoms with Gasteiger partial charge in [-0.25, -0.2) is 0 Å². The first-order valence-electron chi connectivity index (χ1n) is 5.35. The number of hydrogen-bond acceptors (Lipinski definition) is 2. The first-order chi connectivity index (χ1) is 9.20. The number of nitrogens with zero attached hydrogens (tertiary/aromatic N) is 2. The summed E-state index contributed by atoms with van der Waals surface area (Å²) in [7, 11) is 0. The fourth-order valence-electron chi connectivity index (χ4n) is 1.41. The first kappa shape index (κ1) is 15.9. The molecular weight excluding hydrogens is 283 g/mol. The number of rotatable bonds is 4. The number of hydrogen-bond donors (Lipinski definition) is 0. The molecule has 1 rings (SSSR count). The van der Waals surface area contributed by atoms with E-state index in [0.717, 1.165) is 0 Å².